The van der Waals surface area contributed by atoms with E-state index >= 15 is 0 Å². The Morgan fingerprint density at radius 3 is 2.67 bits per heavy atom. The van der Waals surface area contributed by atoms with Gasteiger partial charge in [0.15, 0.2) is 17.3 Å². The molecule has 0 aliphatic heterocycles. The smallest absolute Gasteiger partial charge is 0.179 e. The van der Waals surface area contributed by atoms with Crippen LogP contribution in [0.25, 0.3) is 0 Å². The van der Waals surface area contributed by atoms with Crippen molar-refractivity contribution in [2.24, 2.45) is 0 Å². The number of rotatable bonds is 4. The topological polar surface area (TPSA) is 29.5 Å². The molecular weight excluding hydrogens is 197 g/mol. The van der Waals surface area contributed by atoms with Gasteiger partial charge in [0.1, 0.15) is 0 Å². The highest BCUT2D eigenvalue weighted by Gasteiger charge is 2.15. The molecule has 1 rings (SSSR count). The molecule has 0 fully saturated rings. The maximum atomic E-state index is 13.6. The zero-order chi connectivity index (χ0) is 11.4. The molecule has 0 aliphatic rings. The van der Waals surface area contributed by atoms with Crippen molar-refractivity contribution in [3.8, 4) is 5.75 Å². The Bertz CT molecular complexity index is 364. The number of likely N-dealkylation sites (N-methyl/N-ethyl adjacent to an activating group) is 1. The van der Waals surface area contributed by atoms with Crippen LogP contribution in [0.4, 0.5) is 4.39 Å². The van der Waals surface area contributed by atoms with Gasteiger partial charge in [-0.2, -0.15) is 0 Å². The van der Waals surface area contributed by atoms with Crippen LogP contribution in [0.2, 0.25) is 0 Å². The van der Waals surface area contributed by atoms with Gasteiger partial charge in [0, 0.05) is 0 Å². The third kappa shape index (κ3) is 2.76. The highest BCUT2D eigenvalue weighted by molar-refractivity contribution is 5.98. The molecular formula is C11H14FNO2. The van der Waals surface area contributed by atoms with Crippen molar-refractivity contribution in [2.45, 2.75) is 0 Å². The molecule has 0 heterocycles. The number of halogens is 1. The van der Waals surface area contributed by atoms with Gasteiger partial charge < -0.3 is 9.64 Å². The van der Waals surface area contributed by atoms with Crippen LogP contribution in [0.1, 0.15) is 10.4 Å². The lowest BCUT2D eigenvalue weighted by Gasteiger charge is -2.10. The van der Waals surface area contributed by atoms with Gasteiger partial charge in [-0.1, -0.05) is 6.07 Å². The van der Waals surface area contributed by atoms with Crippen LogP contribution in [0.5, 0.6) is 5.75 Å². The minimum absolute atomic E-state index is 0.0723. The van der Waals surface area contributed by atoms with Gasteiger partial charge in [0.2, 0.25) is 0 Å². The first kappa shape index (κ1) is 11.7. The quantitative estimate of drug-likeness (QED) is 0.708. The second kappa shape index (κ2) is 4.89. The average molecular weight is 211 g/mol. The number of methoxy groups -OCH3 is 1. The van der Waals surface area contributed by atoms with Crippen molar-refractivity contribution >= 4 is 5.78 Å². The number of hydrogen-bond donors (Lipinski definition) is 0. The monoisotopic (exact) mass is 211 g/mol. The molecule has 0 saturated carbocycles. The molecule has 0 saturated heterocycles. The second-order valence-corrected chi connectivity index (χ2v) is 3.48. The zero-order valence-corrected chi connectivity index (χ0v) is 9.08. The Morgan fingerprint density at radius 2 is 2.13 bits per heavy atom. The van der Waals surface area contributed by atoms with E-state index in [4.69, 9.17) is 4.74 Å². The third-order valence-electron chi connectivity index (χ3n) is 1.94. The number of carbonyl (C=O) groups excluding carboxylic acids is 1. The molecule has 4 heteroatoms. The van der Waals surface area contributed by atoms with E-state index in [0.717, 1.165) is 0 Å². The van der Waals surface area contributed by atoms with E-state index in [9.17, 15) is 9.18 Å². The van der Waals surface area contributed by atoms with E-state index in [1.54, 1.807) is 25.1 Å². The minimum atomic E-state index is -0.591. The summed E-state index contributed by atoms with van der Waals surface area (Å²) in [6.07, 6.45) is 0. The molecule has 0 aromatic heterocycles. The summed E-state index contributed by atoms with van der Waals surface area (Å²) in [6, 6.07) is 4.55. The fraction of sp³-hybridized carbons (Fsp3) is 0.364. The van der Waals surface area contributed by atoms with E-state index in [2.05, 4.69) is 0 Å². The summed E-state index contributed by atoms with van der Waals surface area (Å²) in [5, 5.41) is 0. The van der Waals surface area contributed by atoms with Crippen molar-refractivity contribution in [1.82, 2.24) is 4.90 Å². The highest BCUT2D eigenvalue weighted by atomic mass is 19.1. The Balaban J connectivity index is 2.99. The number of hydrogen-bond acceptors (Lipinski definition) is 3. The summed E-state index contributed by atoms with van der Waals surface area (Å²) in [6.45, 7) is 0.185. The summed E-state index contributed by atoms with van der Waals surface area (Å²) >= 11 is 0. The molecule has 0 bridgehead atoms. The first-order chi connectivity index (χ1) is 7.06. The molecule has 0 spiro atoms. The van der Waals surface area contributed by atoms with Crippen molar-refractivity contribution in [2.75, 3.05) is 27.7 Å². The van der Waals surface area contributed by atoms with Gasteiger partial charge in [0.25, 0.3) is 0 Å². The molecule has 3 nitrogen and oxygen atoms in total. The summed E-state index contributed by atoms with van der Waals surface area (Å²) < 4.78 is 18.4. The fourth-order valence-corrected chi connectivity index (χ4v) is 1.26. The van der Waals surface area contributed by atoms with Crippen molar-refractivity contribution in [3.63, 3.8) is 0 Å². The predicted molar refractivity (Wildman–Crippen MR) is 55.8 cm³/mol. The lowest BCUT2D eigenvalue weighted by atomic mass is 10.1. The Labute approximate surface area is 88.5 Å². The summed E-state index contributed by atoms with van der Waals surface area (Å²) in [5.41, 5.74) is 0.0723. The summed E-state index contributed by atoms with van der Waals surface area (Å²) in [7, 11) is 4.89. The van der Waals surface area contributed by atoms with E-state index < -0.39 is 5.82 Å². The molecule has 1 aromatic rings. The SMILES string of the molecule is COc1cccc(C(=O)CN(C)C)c1F. The Morgan fingerprint density at radius 1 is 1.47 bits per heavy atom. The number of Topliss-reactive ketones (excluding diaryl/α,β-unsaturated/α-hetero) is 1. The first-order valence-electron chi connectivity index (χ1n) is 4.56. The van der Waals surface area contributed by atoms with Crippen LogP contribution in [-0.4, -0.2) is 38.4 Å². The highest BCUT2D eigenvalue weighted by Crippen LogP contribution is 2.20. The second-order valence-electron chi connectivity index (χ2n) is 3.48. The van der Waals surface area contributed by atoms with Gasteiger partial charge in [-0.05, 0) is 26.2 Å². The van der Waals surface area contributed by atoms with Crippen LogP contribution >= 0.6 is 0 Å². The summed E-state index contributed by atoms with van der Waals surface area (Å²) in [4.78, 5) is 13.3. The van der Waals surface area contributed by atoms with Gasteiger partial charge >= 0.3 is 0 Å². The molecule has 0 unspecified atom stereocenters. The molecule has 0 atom stereocenters. The van der Waals surface area contributed by atoms with Gasteiger partial charge in [-0.15, -0.1) is 0 Å². The zero-order valence-electron chi connectivity index (χ0n) is 9.08. The van der Waals surface area contributed by atoms with Crippen LogP contribution in [0.15, 0.2) is 18.2 Å². The average Bonchev–Trinajstić information content (AvgIpc) is 2.17. The standard InChI is InChI=1S/C11H14FNO2/c1-13(2)7-9(14)8-5-4-6-10(15-3)11(8)12/h4-6H,7H2,1-3H3. The molecule has 1 aromatic carbocycles. The van der Waals surface area contributed by atoms with Crippen LogP contribution in [0.3, 0.4) is 0 Å². The van der Waals surface area contributed by atoms with Gasteiger partial charge in [-0.3, -0.25) is 4.79 Å². The fourth-order valence-electron chi connectivity index (χ4n) is 1.26. The molecule has 82 valence electrons. The number of nitrogens with zero attached hydrogens (tertiary/aromatic N) is 1. The van der Waals surface area contributed by atoms with Gasteiger partial charge in [0.05, 0.1) is 19.2 Å². The molecule has 0 N–H and O–H groups in total. The van der Waals surface area contributed by atoms with Crippen LogP contribution in [0, 0.1) is 5.82 Å². The molecule has 15 heavy (non-hydrogen) atoms. The van der Waals surface area contributed by atoms with Crippen LogP contribution < -0.4 is 4.74 Å². The first-order valence-corrected chi connectivity index (χ1v) is 4.56. The largest absolute Gasteiger partial charge is 0.494 e. The minimum Gasteiger partial charge on any atom is -0.494 e. The lowest BCUT2D eigenvalue weighted by molar-refractivity contribution is 0.0953. The van der Waals surface area contributed by atoms with Crippen molar-refractivity contribution < 1.29 is 13.9 Å². The molecule has 0 radical (unpaired) electrons. The number of ether oxygens (including phenoxy) is 1. The van der Waals surface area contributed by atoms with E-state index in [-0.39, 0.29) is 23.6 Å². The lowest BCUT2D eigenvalue weighted by Crippen LogP contribution is -2.22. The maximum absolute atomic E-state index is 13.6. The normalized spacial score (nSPS) is 10.5. The van der Waals surface area contributed by atoms with E-state index in [0.29, 0.717) is 0 Å². The maximum Gasteiger partial charge on any atom is 0.179 e. The Hall–Kier alpha value is -1.42. The molecule has 0 aliphatic carbocycles. The van der Waals surface area contributed by atoms with Crippen LogP contribution in [-0.2, 0) is 0 Å². The summed E-state index contributed by atoms with van der Waals surface area (Å²) in [5.74, 6) is -0.747. The number of carbonyl (C=O) groups is 1. The molecule has 0 amide bonds. The third-order valence-corrected chi connectivity index (χ3v) is 1.94. The van der Waals surface area contributed by atoms with Gasteiger partial charge in [-0.25, -0.2) is 4.39 Å². The Kier molecular flexibility index (Phi) is 3.80. The number of benzene rings is 1. The van der Waals surface area contributed by atoms with E-state index in [1.165, 1.54) is 19.2 Å². The van der Waals surface area contributed by atoms with Crippen molar-refractivity contribution in [1.29, 1.82) is 0 Å². The van der Waals surface area contributed by atoms with E-state index in [1.807, 2.05) is 0 Å². The number of ketones is 1. The van der Waals surface area contributed by atoms with Crippen molar-refractivity contribution in [3.05, 3.63) is 29.6 Å². The predicted octanol–water partition coefficient (Wildman–Crippen LogP) is 1.58.